The van der Waals surface area contributed by atoms with E-state index in [1.54, 1.807) is 19.2 Å². The largest absolute Gasteiger partial charge is 0.381 e. The second kappa shape index (κ2) is 8.38. The van der Waals surface area contributed by atoms with E-state index in [0.29, 0.717) is 12.2 Å². The molecule has 0 radical (unpaired) electrons. The molecule has 0 unspecified atom stereocenters. The van der Waals surface area contributed by atoms with E-state index in [1.807, 2.05) is 23.2 Å². The highest BCUT2D eigenvalue weighted by Gasteiger charge is 2.35. The predicted molar refractivity (Wildman–Crippen MR) is 127 cm³/mol. The van der Waals surface area contributed by atoms with Gasteiger partial charge in [0.25, 0.3) is 5.91 Å². The first-order valence-corrected chi connectivity index (χ1v) is 11.7. The zero-order chi connectivity index (χ0) is 23.3. The summed E-state index contributed by atoms with van der Waals surface area (Å²) in [5.74, 6) is -0.530. The highest BCUT2D eigenvalue weighted by molar-refractivity contribution is 6.30. The maximum absolute atomic E-state index is 14.2. The molecule has 2 aliphatic rings. The normalized spacial score (nSPS) is 22.4. The standard InChI is InChI=1S/C25H28ClFN4O2/c1-25(2)14-28-8-9-31(25)24(32)22-7-5-18-19(15-4-6-20(26)21(27)10-15)13-30(23(18)29-22)16-11-17(12-16)33-3/h4-7,10,13,16-17,28H,8-9,11-12,14H2,1-3H3. The average Bonchev–Trinajstić information content (AvgIpc) is 3.13. The van der Waals surface area contributed by atoms with E-state index in [0.717, 1.165) is 48.1 Å². The van der Waals surface area contributed by atoms with Crippen molar-refractivity contribution in [1.29, 1.82) is 0 Å². The van der Waals surface area contributed by atoms with Gasteiger partial charge in [-0.1, -0.05) is 17.7 Å². The maximum Gasteiger partial charge on any atom is 0.273 e. The monoisotopic (exact) mass is 470 g/mol. The summed E-state index contributed by atoms with van der Waals surface area (Å²) in [4.78, 5) is 20.2. The molecule has 174 valence electrons. The summed E-state index contributed by atoms with van der Waals surface area (Å²) >= 11 is 5.91. The summed E-state index contributed by atoms with van der Waals surface area (Å²) < 4.78 is 21.8. The Kier molecular flexibility index (Phi) is 5.67. The van der Waals surface area contributed by atoms with Gasteiger partial charge in [0, 0.05) is 49.9 Å². The molecule has 8 heteroatoms. The van der Waals surface area contributed by atoms with Crippen LogP contribution in [0.3, 0.4) is 0 Å². The summed E-state index contributed by atoms with van der Waals surface area (Å²) in [5.41, 5.74) is 2.47. The summed E-state index contributed by atoms with van der Waals surface area (Å²) in [6, 6.07) is 8.75. The molecule has 3 aromatic rings. The molecule has 1 N–H and O–H groups in total. The van der Waals surface area contributed by atoms with E-state index >= 15 is 0 Å². The first-order valence-electron chi connectivity index (χ1n) is 11.3. The fourth-order valence-corrected chi connectivity index (χ4v) is 4.99. The third-order valence-electron chi connectivity index (χ3n) is 6.97. The number of nitrogens with zero attached hydrogens (tertiary/aromatic N) is 3. The number of pyridine rings is 1. The highest BCUT2D eigenvalue weighted by atomic mass is 35.5. The van der Waals surface area contributed by atoms with Crippen LogP contribution in [0.5, 0.6) is 0 Å². The number of rotatable bonds is 4. The van der Waals surface area contributed by atoms with Gasteiger partial charge in [-0.15, -0.1) is 0 Å². The van der Waals surface area contributed by atoms with E-state index in [1.165, 1.54) is 6.07 Å². The molecule has 2 aromatic heterocycles. The lowest BCUT2D eigenvalue weighted by atomic mass is 9.89. The average molecular weight is 471 g/mol. The quantitative estimate of drug-likeness (QED) is 0.602. The van der Waals surface area contributed by atoms with Crippen LogP contribution in [0, 0.1) is 5.82 Å². The first kappa shape index (κ1) is 22.3. The zero-order valence-corrected chi connectivity index (χ0v) is 19.8. The number of benzene rings is 1. The van der Waals surface area contributed by atoms with E-state index in [2.05, 4.69) is 23.7 Å². The Balaban J connectivity index is 1.59. The van der Waals surface area contributed by atoms with Crippen molar-refractivity contribution < 1.29 is 13.9 Å². The molecule has 2 fully saturated rings. The number of nitrogens with one attached hydrogen (secondary N) is 1. The van der Waals surface area contributed by atoms with Crippen molar-refractivity contribution in [2.24, 2.45) is 0 Å². The minimum absolute atomic E-state index is 0.0707. The van der Waals surface area contributed by atoms with Gasteiger partial charge in [-0.3, -0.25) is 4.79 Å². The molecule has 1 saturated carbocycles. The number of amides is 1. The molecule has 0 bridgehead atoms. The number of halogens is 2. The maximum atomic E-state index is 14.2. The Morgan fingerprint density at radius 3 is 2.76 bits per heavy atom. The summed E-state index contributed by atoms with van der Waals surface area (Å²) in [6.45, 7) is 6.26. The molecular formula is C25H28ClFN4O2. The third kappa shape index (κ3) is 3.92. The SMILES string of the molecule is COC1CC(n2cc(-c3ccc(Cl)c(F)c3)c3ccc(C(=O)N4CCNCC4(C)C)nc32)C1. The molecule has 0 atom stereocenters. The van der Waals surface area contributed by atoms with Crippen LogP contribution in [0.15, 0.2) is 36.5 Å². The van der Waals surface area contributed by atoms with Gasteiger partial charge >= 0.3 is 0 Å². The number of methoxy groups -OCH3 is 1. The lowest BCUT2D eigenvalue weighted by Gasteiger charge is -2.42. The van der Waals surface area contributed by atoms with Crippen molar-refractivity contribution in [2.75, 3.05) is 26.7 Å². The molecule has 5 rings (SSSR count). The Morgan fingerprint density at radius 1 is 1.27 bits per heavy atom. The van der Waals surface area contributed by atoms with Crippen LogP contribution in [0.1, 0.15) is 43.2 Å². The van der Waals surface area contributed by atoms with Gasteiger partial charge in [-0.2, -0.15) is 0 Å². The number of hydrogen-bond donors (Lipinski definition) is 1. The molecule has 1 aliphatic heterocycles. The van der Waals surface area contributed by atoms with Gasteiger partial charge in [-0.25, -0.2) is 9.37 Å². The second-order valence-corrected chi connectivity index (χ2v) is 9.98. The first-order chi connectivity index (χ1) is 15.8. The Hall–Kier alpha value is -2.48. The van der Waals surface area contributed by atoms with Crippen LogP contribution >= 0.6 is 11.6 Å². The van der Waals surface area contributed by atoms with E-state index < -0.39 is 5.82 Å². The van der Waals surface area contributed by atoms with Gasteiger partial charge in [0.05, 0.1) is 16.7 Å². The van der Waals surface area contributed by atoms with Gasteiger partial charge in [0.2, 0.25) is 0 Å². The van der Waals surface area contributed by atoms with Crippen molar-refractivity contribution in [1.82, 2.24) is 19.8 Å². The summed E-state index contributed by atoms with van der Waals surface area (Å²) in [5, 5.41) is 4.32. The third-order valence-corrected chi connectivity index (χ3v) is 7.28. The number of carbonyl (C=O) groups is 1. The van der Waals surface area contributed by atoms with Gasteiger partial charge in [0.15, 0.2) is 0 Å². The second-order valence-electron chi connectivity index (χ2n) is 9.58. The Morgan fingerprint density at radius 2 is 2.06 bits per heavy atom. The van der Waals surface area contributed by atoms with Crippen LogP contribution < -0.4 is 5.32 Å². The number of piperazine rings is 1. The molecule has 1 amide bonds. The lowest BCUT2D eigenvalue weighted by molar-refractivity contribution is 0.00734. The topological polar surface area (TPSA) is 59.4 Å². The Labute approximate surface area is 197 Å². The van der Waals surface area contributed by atoms with Crippen LogP contribution in [-0.4, -0.2) is 58.7 Å². The predicted octanol–water partition coefficient (Wildman–Crippen LogP) is 4.67. The fraction of sp³-hybridized carbons (Fsp3) is 0.440. The minimum Gasteiger partial charge on any atom is -0.381 e. The number of aromatic nitrogens is 2. The molecule has 3 heterocycles. The zero-order valence-electron chi connectivity index (χ0n) is 19.1. The highest BCUT2D eigenvalue weighted by Crippen LogP contribution is 2.40. The lowest BCUT2D eigenvalue weighted by Crippen LogP contribution is -2.59. The minimum atomic E-state index is -0.459. The van der Waals surface area contributed by atoms with Crippen molar-refractivity contribution >= 4 is 28.5 Å². The molecule has 6 nitrogen and oxygen atoms in total. The van der Waals surface area contributed by atoms with Crippen molar-refractivity contribution in [3.8, 4) is 11.1 Å². The van der Waals surface area contributed by atoms with E-state index in [9.17, 15) is 9.18 Å². The van der Waals surface area contributed by atoms with Crippen LogP contribution in [0.2, 0.25) is 5.02 Å². The van der Waals surface area contributed by atoms with E-state index in [-0.39, 0.29) is 28.6 Å². The van der Waals surface area contributed by atoms with Crippen molar-refractivity contribution in [3.63, 3.8) is 0 Å². The number of fused-ring (bicyclic) bond motifs is 1. The number of ether oxygens (including phenoxy) is 1. The van der Waals surface area contributed by atoms with Crippen LogP contribution in [0.25, 0.3) is 22.2 Å². The molecule has 0 spiro atoms. The summed E-state index contributed by atoms with van der Waals surface area (Å²) in [6.07, 6.45) is 3.98. The number of hydrogen-bond acceptors (Lipinski definition) is 4. The van der Waals surface area contributed by atoms with Crippen LogP contribution in [0.4, 0.5) is 4.39 Å². The molecule has 1 aromatic carbocycles. The van der Waals surface area contributed by atoms with Gasteiger partial charge in [0.1, 0.15) is 17.2 Å². The smallest absolute Gasteiger partial charge is 0.273 e. The van der Waals surface area contributed by atoms with Crippen molar-refractivity contribution in [2.45, 2.75) is 44.4 Å². The number of carbonyl (C=O) groups excluding carboxylic acids is 1. The molecule has 33 heavy (non-hydrogen) atoms. The molecule has 1 aliphatic carbocycles. The molecule has 1 saturated heterocycles. The van der Waals surface area contributed by atoms with Gasteiger partial charge < -0.3 is 19.5 Å². The summed E-state index contributed by atoms with van der Waals surface area (Å²) in [7, 11) is 1.72. The molecular weight excluding hydrogens is 443 g/mol. The fourth-order valence-electron chi connectivity index (χ4n) is 4.87. The van der Waals surface area contributed by atoms with Crippen molar-refractivity contribution in [3.05, 3.63) is 53.1 Å². The Bertz CT molecular complexity index is 1220. The van der Waals surface area contributed by atoms with Gasteiger partial charge in [-0.05, 0) is 56.5 Å². The van der Waals surface area contributed by atoms with Crippen LogP contribution in [-0.2, 0) is 4.74 Å². The van der Waals surface area contributed by atoms with E-state index in [4.69, 9.17) is 21.3 Å².